The molecule has 2 aliphatic heterocycles. The summed E-state index contributed by atoms with van der Waals surface area (Å²) in [5, 5.41) is 4.36. The Bertz CT molecular complexity index is 728. The van der Waals surface area contributed by atoms with E-state index in [1.54, 1.807) is 18.2 Å². The van der Waals surface area contributed by atoms with E-state index in [0.29, 0.717) is 25.9 Å². The summed E-state index contributed by atoms with van der Waals surface area (Å²) in [6, 6.07) is 7.54. The molecular weight excluding hydrogens is 330 g/mol. The van der Waals surface area contributed by atoms with Gasteiger partial charge in [-0.2, -0.15) is 5.10 Å². The van der Waals surface area contributed by atoms with Crippen LogP contribution in [0.4, 0.5) is 5.69 Å². The number of carbonyl (C=O) groups excluding carboxylic acids is 1. The number of dihydropyridines is 1. The van der Waals surface area contributed by atoms with Crippen molar-refractivity contribution in [2.24, 2.45) is 21.7 Å². The summed E-state index contributed by atoms with van der Waals surface area (Å²) in [4.78, 5) is 19.0. The number of anilines is 1. The van der Waals surface area contributed by atoms with Gasteiger partial charge in [-0.05, 0) is 37.6 Å². The fraction of sp³-hybridized carbons (Fsp3) is 0.421. The highest BCUT2D eigenvalue weighted by Gasteiger charge is 2.30. The SMILES string of the molecule is COc1cccc(N(CCCN)C(=O)CCC2=NNC3N=CC=CC23)c1. The van der Waals surface area contributed by atoms with Crippen LogP contribution in [0.5, 0.6) is 5.75 Å². The maximum absolute atomic E-state index is 12.9. The molecule has 1 aromatic rings. The Morgan fingerprint density at radius 1 is 1.42 bits per heavy atom. The Morgan fingerprint density at radius 3 is 3.12 bits per heavy atom. The molecule has 26 heavy (non-hydrogen) atoms. The highest BCUT2D eigenvalue weighted by molar-refractivity contribution is 5.98. The largest absolute Gasteiger partial charge is 0.497 e. The number of rotatable bonds is 8. The number of ether oxygens (including phenoxy) is 1. The molecular formula is C19H25N5O2. The zero-order valence-corrected chi connectivity index (χ0v) is 15.0. The van der Waals surface area contributed by atoms with Gasteiger partial charge >= 0.3 is 0 Å². The monoisotopic (exact) mass is 355 g/mol. The number of aliphatic imine (C=N–C) groups is 1. The van der Waals surface area contributed by atoms with Crippen molar-refractivity contribution in [3.05, 3.63) is 36.4 Å². The van der Waals surface area contributed by atoms with Crippen LogP contribution >= 0.6 is 0 Å². The summed E-state index contributed by atoms with van der Waals surface area (Å²) >= 11 is 0. The number of carbonyl (C=O) groups is 1. The molecule has 0 radical (unpaired) electrons. The van der Waals surface area contributed by atoms with Crippen molar-refractivity contribution in [3.8, 4) is 5.75 Å². The maximum atomic E-state index is 12.9. The second kappa shape index (κ2) is 8.62. The maximum Gasteiger partial charge on any atom is 0.227 e. The van der Waals surface area contributed by atoms with Crippen LogP contribution in [0.15, 0.2) is 46.5 Å². The summed E-state index contributed by atoms with van der Waals surface area (Å²) in [5.41, 5.74) is 10.5. The molecule has 0 fully saturated rings. The van der Waals surface area contributed by atoms with Gasteiger partial charge in [0.2, 0.25) is 5.91 Å². The highest BCUT2D eigenvalue weighted by Crippen LogP contribution is 2.24. The molecule has 2 unspecified atom stereocenters. The third kappa shape index (κ3) is 4.11. The molecule has 138 valence electrons. The lowest BCUT2D eigenvalue weighted by Gasteiger charge is -2.23. The third-order valence-electron chi connectivity index (χ3n) is 4.56. The molecule has 7 heteroatoms. The van der Waals surface area contributed by atoms with E-state index in [2.05, 4.69) is 21.6 Å². The molecule has 3 N–H and O–H groups in total. The van der Waals surface area contributed by atoms with E-state index in [1.807, 2.05) is 30.3 Å². The fourth-order valence-corrected chi connectivity index (χ4v) is 3.16. The fourth-order valence-electron chi connectivity index (χ4n) is 3.16. The topological polar surface area (TPSA) is 92.3 Å². The van der Waals surface area contributed by atoms with Crippen LogP contribution in [0, 0.1) is 5.92 Å². The van der Waals surface area contributed by atoms with Gasteiger partial charge in [0.15, 0.2) is 0 Å². The van der Waals surface area contributed by atoms with Gasteiger partial charge < -0.3 is 15.4 Å². The van der Waals surface area contributed by atoms with E-state index >= 15 is 0 Å². The molecule has 1 amide bonds. The molecule has 2 aliphatic rings. The predicted molar refractivity (Wildman–Crippen MR) is 104 cm³/mol. The van der Waals surface area contributed by atoms with Gasteiger partial charge in [-0.1, -0.05) is 12.1 Å². The third-order valence-corrected chi connectivity index (χ3v) is 4.56. The Balaban J connectivity index is 1.66. The molecule has 0 saturated heterocycles. The van der Waals surface area contributed by atoms with Gasteiger partial charge in [0, 0.05) is 36.6 Å². The van der Waals surface area contributed by atoms with Crippen LogP contribution in [0.3, 0.4) is 0 Å². The van der Waals surface area contributed by atoms with Gasteiger partial charge in [-0.25, -0.2) is 0 Å². The number of fused-ring (bicyclic) bond motifs is 1. The molecule has 2 atom stereocenters. The summed E-state index contributed by atoms with van der Waals surface area (Å²) in [6.45, 7) is 1.13. The molecule has 3 rings (SSSR count). The van der Waals surface area contributed by atoms with Crippen LogP contribution in [0.2, 0.25) is 0 Å². The molecule has 2 heterocycles. The number of allylic oxidation sites excluding steroid dienone is 1. The molecule has 0 spiro atoms. The van der Waals surface area contributed by atoms with Gasteiger partial charge in [-0.15, -0.1) is 0 Å². The Kier molecular flexibility index (Phi) is 6.01. The van der Waals surface area contributed by atoms with Crippen molar-refractivity contribution in [1.29, 1.82) is 0 Å². The number of nitrogens with two attached hydrogens (primary N) is 1. The van der Waals surface area contributed by atoms with Crippen molar-refractivity contribution < 1.29 is 9.53 Å². The van der Waals surface area contributed by atoms with Gasteiger partial charge in [0.1, 0.15) is 11.9 Å². The average molecular weight is 355 g/mol. The lowest BCUT2D eigenvalue weighted by molar-refractivity contribution is -0.118. The van der Waals surface area contributed by atoms with Crippen molar-refractivity contribution in [3.63, 3.8) is 0 Å². The minimum absolute atomic E-state index is 0.0307. The number of nitrogens with zero attached hydrogens (tertiary/aromatic N) is 3. The summed E-state index contributed by atoms with van der Waals surface area (Å²) in [6.07, 6.45) is 7.49. The van der Waals surface area contributed by atoms with E-state index in [-0.39, 0.29) is 18.0 Å². The number of benzene rings is 1. The number of nitrogens with one attached hydrogen (secondary N) is 1. The Hall–Kier alpha value is -2.67. The van der Waals surface area contributed by atoms with E-state index in [1.165, 1.54) is 0 Å². The highest BCUT2D eigenvalue weighted by atomic mass is 16.5. The molecule has 1 aromatic carbocycles. The van der Waals surface area contributed by atoms with Crippen molar-refractivity contribution >= 4 is 23.5 Å². The second-order valence-corrected chi connectivity index (χ2v) is 6.27. The first-order valence-corrected chi connectivity index (χ1v) is 8.89. The number of amides is 1. The van der Waals surface area contributed by atoms with Gasteiger partial charge in [-0.3, -0.25) is 15.2 Å². The van der Waals surface area contributed by atoms with Crippen LogP contribution in [-0.4, -0.2) is 44.2 Å². The molecule has 7 nitrogen and oxygen atoms in total. The van der Waals surface area contributed by atoms with Crippen molar-refractivity contribution in [2.45, 2.75) is 25.4 Å². The van der Waals surface area contributed by atoms with Crippen molar-refractivity contribution in [2.75, 3.05) is 25.1 Å². The van der Waals surface area contributed by atoms with E-state index in [9.17, 15) is 4.79 Å². The smallest absolute Gasteiger partial charge is 0.227 e. The molecule has 0 aliphatic carbocycles. The minimum Gasteiger partial charge on any atom is -0.497 e. The Morgan fingerprint density at radius 2 is 2.31 bits per heavy atom. The normalized spacial score (nSPS) is 20.3. The Labute approximate surface area is 153 Å². The van der Waals surface area contributed by atoms with E-state index < -0.39 is 0 Å². The van der Waals surface area contributed by atoms with Crippen LogP contribution in [-0.2, 0) is 4.79 Å². The number of hydrogen-bond acceptors (Lipinski definition) is 6. The molecule has 0 bridgehead atoms. The summed E-state index contributed by atoms with van der Waals surface area (Å²) in [5.74, 6) is 0.925. The van der Waals surface area contributed by atoms with Crippen LogP contribution < -0.4 is 20.8 Å². The minimum atomic E-state index is -0.0307. The summed E-state index contributed by atoms with van der Waals surface area (Å²) in [7, 11) is 1.62. The zero-order valence-electron chi connectivity index (χ0n) is 15.0. The van der Waals surface area contributed by atoms with Crippen LogP contribution in [0.1, 0.15) is 19.3 Å². The van der Waals surface area contributed by atoms with Gasteiger partial charge in [0.05, 0.1) is 13.0 Å². The molecule has 0 saturated carbocycles. The lowest BCUT2D eigenvalue weighted by Crippen LogP contribution is -2.34. The second-order valence-electron chi connectivity index (χ2n) is 6.27. The molecule has 0 aromatic heterocycles. The first-order chi connectivity index (χ1) is 12.7. The van der Waals surface area contributed by atoms with E-state index in [4.69, 9.17) is 10.5 Å². The number of hydrogen-bond donors (Lipinski definition) is 2. The van der Waals surface area contributed by atoms with Crippen molar-refractivity contribution in [1.82, 2.24) is 5.43 Å². The van der Waals surface area contributed by atoms with E-state index in [0.717, 1.165) is 23.6 Å². The predicted octanol–water partition coefficient (Wildman–Crippen LogP) is 1.70. The average Bonchev–Trinajstić information content (AvgIpc) is 3.10. The summed E-state index contributed by atoms with van der Waals surface area (Å²) < 4.78 is 5.28. The van der Waals surface area contributed by atoms with Crippen LogP contribution in [0.25, 0.3) is 0 Å². The first kappa shape index (κ1) is 18.1. The first-order valence-electron chi connectivity index (χ1n) is 8.89. The lowest BCUT2D eigenvalue weighted by atomic mass is 9.96. The zero-order chi connectivity index (χ0) is 18.4. The standard InChI is InChI=1S/C19H25N5O2/c1-26-15-6-2-5-14(13-15)24(12-4-10-20)18(25)9-8-17-16-7-3-11-21-19(16)23-22-17/h2-3,5-7,11,13,16,19,23H,4,8-10,12,20H2,1H3. The number of methoxy groups -OCH3 is 1. The van der Waals surface area contributed by atoms with Gasteiger partial charge in [0.25, 0.3) is 0 Å². The number of hydrazone groups is 1. The quantitative estimate of drug-likeness (QED) is 0.742.